The summed E-state index contributed by atoms with van der Waals surface area (Å²) in [5.41, 5.74) is 6.23. The number of aromatic nitrogens is 2. The van der Waals surface area contributed by atoms with Gasteiger partial charge in [0.15, 0.2) is 11.7 Å². The van der Waals surface area contributed by atoms with Gasteiger partial charge in [-0.3, -0.25) is 0 Å². The largest absolute Gasteiger partial charge is 0.409 e. The molecule has 0 atom stereocenters. The molecule has 2 rings (SSSR count). The first-order valence-electron chi connectivity index (χ1n) is 4.95. The zero-order valence-electron chi connectivity index (χ0n) is 8.70. The maximum atomic E-state index is 8.70. The SMILES string of the molecule is N/C(=N/O)c1ccnnc1N1CCSCC1. The molecule has 1 aliphatic heterocycles. The minimum Gasteiger partial charge on any atom is -0.409 e. The first kappa shape index (κ1) is 11.0. The topological polar surface area (TPSA) is 87.6 Å². The summed E-state index contributed by atoms with van der Waals surface area (Å²) in [5, 5.41) is 19.6. The fourth-order valence-corrected chi connectivity index (χ4v) is 2.49. The van der Waals surface area contributed by atoms with Crippen LogP contribution in [0.1, 0.15) is 5.56 Å². The number of nitrogens with zero attached hydrogens (tertiary/aromatic N) is 4. The Morgan fingerprint density at radius 2 is 2.25 bits per heavy atom. The average molecular weight is 239 g/mol. The lowest BCUT2D eigenvalue weighted by atomic mass is 10.2. The molecule has 0 bridgehead atoms. The molecule has 0 spiro atoms. The Morgan fingerprint density at radius 3 is 2.94 bits per heavy atom. The van der Waals surface area contributed by atoms with E-state index in [-0.39, 0.29) is 5.84 Å². The summed E-state index contributed by atoms with van der Waals surface area (Å²) in [6.45, 7) is 1.82. The molecule has 1 saturated heterocycles. The van der Waals surface area contributed by atoms with Crippen LogP contribution in [0.4, 0.5) is 5.82 Å². The van der Waals surface area contributed by atoms with Gasteiger partial charge in [-0.1, -0.05) is 5.16 Å². The van der Waals surface area contributed by atoms with E-state index in [2.05, 4.69) is 20.3 Å². The van der Waals surface area contributed by atoms with Crippen molar-refractivity contribution in [2.75, 3.05) is 29.5 Å². The third-order valence-electron chi connectivity index (χ3n) is 2.40. The third-order valence-corrected chi connectivity index (χ3v) is 3.34. The van der Waals surface area contributed by atoms with E-state index >= 15 is 0 Å². The molecule has 0 radical (unpaired) electrons. The maximum Gasteiger partial charge on any atom is 0.173 e. The predicted molar refractivity (Wildman–Crippen MR) is 64.1 cm³/mol. The second kappa shape index (κ2) is 5.02. The molecule has 0 aromatic carbocycles. The Bertz CT molecular complexity index is 391. The van der Waals surface area contributed by atoms with Crippen molar-refractivity contribution in [2.45, 2.75) is 0 Å². The molecular weight excluding hydrogens is 226 g/mol. The smallest absolute Gasteiger partial charge is 0.173 e. The number of hydrogen-bond donors (Lipinski definition) is 2. The minimum atomic E-state index is 0.0723. The first-order valence-corrected chi connectivity index (χ1v) is 6.10. The maximum absolute atomic E-state index is 8.70. The molecule has 0 unspecified atom stereocenters. The number of rotatable bonds is 2. The van der Waals surface area contributed by atoms with Crippen LogP contribution in [0, 0.1) is 0 Å². The standard InChI is InChI=1S/C9H13N5OS/c10-8(13-15)7-1-2-11-12-9(7)14-3-5-16-6-4-14/h1-2,15H,3-6H2,(H2,10,13). The summed E-state index contributed by atoms with van der Waals surface area (Å²) in [6.07, 6.45) is 1.54. The summed E-state index contributed by atoms with van der Waals surface area (Å²) in [4.78, 5) is 2.11. The van der Waals surface area contributed by atoms with E-state index in [0.717, 1.165) is 24.6 Å². The molecule has 1 aliphatic rings. The van der Waals surface area contributed by atoms with Crippen LogP contribution in [-0.4, -0.2) is 45.8 Å². The molecular formula is C9H13N5OS. The lowest BCUT2D eigenvalue weighted by Crippen LogP contribution is -2.35. The van der Waals surface area contributed by atoms with Gasteiger partial charge >= 0.3 is 0 Å². The van der Waals surface area contributed by atoms with Gasteiger partial charge in [-0.2, -0.15) is 16.9 Å². The first-order chi connectivity index (χ1) is 7.83. The molecule has 3 N–H and O–H groups in total. The molecule has 7 heteroatoms. The van der Waals surface area contributed by atoms with Crippen LogP contribution >= 0.6 is 11.8 Å². The van der Waals surface area contributed by atoms with Gasteiger partial charge in [0.25, 0.3) is 0 Å². The summed E-state index contributed by atoms with van der Waals surface area (Å²) >= 11 is 1.91. The van der Waals surface area contributed by atoms with Crippen molar-refractivity contribution in [3.05, 3.63) is 17.8 Å². The Hall–Kier alpha value is -1.50. The lowest BCUT2D eigenvalue weighted by molar-refractivity contribution is 0.318. The van der Waals surface area contributed by atoms with Crippen molar-refractivity contribution in [3.63, 3.8) is 0 Å². The van der Waals surface area contributed by atoms with E-state index in [1.165, 1.54) is 6.20 Å². The Balaban J connectivity index is 2.31. The van der Waals surface area contributed by atoms with Gasteiger partial charge in [-0.15, -0.1) is 5.10 Å². The van der Waals surface area contributed by atoms with Crippen LogP contribution in [0.15, 0.2) is 17.4 Å². The van der Waals surface area contributed by atoms with Crippen LogP contribution in [-0.2, 0) is 0 Å². The summed E-state index contributed by atoms with van der Waals surface area (Å²) in [6, 6.07) is 1.71. The number of oxime groups is 1. The Morgan fingerprint density at radius 1 is 1.50 bits per heavy atom. The highest BCUT2D eigenvalue weighted by Gasteiger charge is 2.18. The summed E-state index contributed by atoms with van der Waals surface area (Å²) < 4.78 is 0. The van der Waals surface area contributed by atoms with Crippen LogP contribution < -0.4 is 10.6 Å². The van der Waals surface area contributed by atoms with E-state index in [1.807, 2.05) is 11.8 Å². The molecule has 1 aromatic heterocycles. The normalized spacial score (nSPS) is 17.5. The Labute approximate surface area is 97.5 Å². The Kier molecular flexibility index (Phi) is 3.45. The van der Waals surface area contributed by atoms with Crippen LogP contribution in [0.3, 0.4) is 0 Å². The van der Waals surface area contributed by atoms with Gasteiger partial charge in [0.05, 0.1) is 11.8 Å². The molecule has 0 amide bonds. The van der Waals surface area contributed by atoms with E-state index in [9.17, 15) is 0 Å². The van der Waals surface area contributed by atoms with Gasteiger partial charge in [0.2, 0.25) is 0 Å². The van der Waals surface area contributed by atoms with Gasteiger partial charge in [0, 0.05) is 24.6 Å². The molecule has 6 nitrogen and oxygen atoms in total. The molecule has 0 aliphatic carbocycles. The van der Waals surface area contributed by atoms with E-state index in [0.29, 0.717) is 11.4 Å². The second-order valence-corrected chi connectivity index (χ2v) is 4.58. The van der Waals surface area contributed by atoms with Crippen molar-refractivity contribution >= 4 is 23.4 Å². The number of thioether (sulfide) groups is 1. The van der Waals surface area contributed by atoms with E-state index in [1.54, 1.807) is 6.07 Å². The highest BCUT2D eigenvalue weighted by molar-refractivity contribution is 7.99. The lowest BCUT2D eigenvalue weighted by Gasteiger charge is -2.28. The third kappa shape index (κ3) is 2.19. The zero-order valence-corrected chi connectivity index (χ0v) is 9.52. The summed E-state index contributed by atoms with van der Waals surface area (Å²) in [7, 11) is 0. The number of anilines is 1. The average Bonchev–Trinajstić information content (AvgIpc) is 2.39. The van der Waals surface area contributed by atoms with Crippen molar-refractivity contribution in [1.82, 2.24) is 10.2 Å². The molecule has 0 saturated carbocycles. The van der Waals surface area contributed by atoms with Crippen molar-refractivity contribution in [2.24, 2.45) is 10.9 Å². The number of nitrogens with two attached hydrogens (primary N) is 1. The highest BCUT2D eigenvalue weighted by atomic mass is 32.2. The highest BCUT2D eigenvalue weighted by Crippen LogP contribution is 2.20. The van der Waals surface area contributed by atoms with Gasteiger partial charge in [0.1, 0.15) is 0 Å². The molecule has 2 heterocycles. The van der Waals surface area contributed by atoms with Crippen LogP contribution in [0.25, 0.3) is 0 Å². The fraction of sp³-hybridized carbons (Fsp3) is 0.444. The molecule has 16 heavy (non-hydrogen) atoms. The van der Waals surface area contributed by atoms with Gasteiger partial charge in [-0.25, -0.2) is 0 Å². The van der Waals surface area contributed by atoms with Crippen molar-refractivity contribution in [3.8, 4) is 0 Å². The fourth-order valence-electron chi connectivity index (χ4n) is 1.59. The second-order valence-electron chi connectivity index (χ2n) is 3.35. The molecule has 1 aromatic rings. The minimum absolute atomic E-state index is 0.0723. The quantitative estimate of drug-likeness (QED) is 0.330. The van der Waals surface area contributed by atoms with E-state index < -0.39 is 0 Å². The monoisotopic (exact) mass is 239 g/mol. The molecule has 1 fully saturated rings. The number of hydrogen-bond acceptors (Lipinski definition) is 6. The van der Waals surface area contributed by atoms with E-state index in [4.69, 9.17) is 10.9 Å². The van der Waals surface area contributed by atoms with Crippen molar-refractivity contribution < 1.29 is 5.21 Å². The van der Waals surface area contributed by atoms with Gasteiger partial charge < -0.3 is 15.8 Å². The molecule has 86 valence electrons. The zero-order chi connectivity index (χ0) is 11.4. The summed E-state index contributed by atoms with van der Waals surface area (Å²) in [5.74, 6) is 2.89. The van der Waals surface area contributed by atoms with Crippen LogP contribution in [0.5, 0.6) is 0 Å². The van der Waals surface area contributed by atoms with Gasteiger partial charge in [-0.05, 0) is 6.07 Å². The van der Waals surface area contributed by atoms with Crippen LogP contribution in [0.2, 0.25) is 0 Å². The number of amidine groups is 1. The van der Waals surface area contributed by atoms with Crippen molar-refractivity contribution in [1.29, 1.82) is 0 Å². The predicted octanol–water partition coefficient (Wildman–Crippen LogP) is 0.124.